The monoisotopic (exact) mass is 812 g/mol. The molecule has 12 heteroatoms. The molecule has 0 aliphatic carbocycles. The Kier molecular flexibility index (Phi) is 12.2. The van der Waals surface area contributed by atoms with Crippen LogP contribution < -0.4 is 23.7 Å². The van der Waals surface area contributed by atoms with Crippen molar-refractivity contribution in [1.29, 1.82) is 0 Å². The van der Waals surface area contributed by atoms with E-state index in [1.165, 1.54) is 24.3 Å². The van der Waals surface area contributed by atoms with Crippen molar-refractivity contribution in [2.75, 3.05) is 51.1 Å². The van der Waals surface area contributed by atoms with Crippen molar-refractivity contribution >= 4 is 54.5 Å². The Morgan fingerprint density at radius 3 is 2.00 bits per heavy atom. The first-order chi connectivity index (χ1) is 28.8. The Labute approximate surface area is 343 Å². The van der Waals surface area contributed by atoms with Gasteiger partial charge in [0.15, 0.2) is 12.3 Å². The fraction of sp³-hybridized carbons (Fsp3) is 0.213. The molecule has 0 saturated heterocycles. The Morgan fingerprint density at radius 2 is 1.32 bits per heavy atom. The summed E-state index contributed by atoms with van der Waals surface area (Å²) in [5, 5.41) is 4.41. The summed E-state index contributed by atoms with van der Waals surface area (Å²) in [7, 11) is -4.52. The van der Waals surface area contributed by atoms with Gasteiger partial charge in [-0.05, 0) is 88.1 Å². The van der Waals surface area contributed by atoms with E-state index in [4.69, 9.17) is 28.1 Å². The zero-order valence-corrected chi connectivity index (χ0v) is 33.4. The van der Waals surface area contributed by atoms with Crippen molar-refractivity contribution in [3.63, 3.8) is 0 Å². The van der Waals surface area contributed by atoms with E-state index < -0.39 is 10.1 Å². The predicted molar refractivity (Wildman–Crippen MR) is 226 cm³/mol. The van der Waals surface area contributed by atoms with E-state index >= 15 is 0 Å². The molecule has 302 valence electrons. The Bertz CT molecular complexity index is 2730. The predicted octanol–water partition coefficient (Wildman–Crippen LogP) is 8.66. The number of ether oxygens (including phenoxy) is 5. The van der Waals surface area contributed by atoms with E-state index in [-0.39, 0.29) is 11.5 Å². The van der Waals surface area contributed by atoms with E-state index in [2.05, 4.69) is 77.1 Å². The molecule has 0 saturated carbocycles. The topological polar surface area (TPSA) is 124 Å². The molecule has 2 heterocycles. The minimum absolute atomic E-state index is 0.242. The number of nitrogens with zero attached hydrogens (tertiary/aromatic N) is 2. The van der Waals surface area contributed by atoms with Gasteiger partial charge in [-0.2, -0.15) is 4.57 Å². The van der Waals surface area contributed by atoms with Crippen LogP contribution in [0, 0.1) is 0 Å². The third kappa shape index (κ3) is 9.59. The smallest absolute Gasteiger partial charge is 0.374 e. The number of fused-ring (bicyclic) bond motifs is 4. The van der Waals surface area contributed by atoms with Crippen molar-refractivity contribution < 1.29 is 45.6 Å². The number of anilines is 1. The average Bonchev–Trinajstić information content (AvgIpc) is 3.76. The lowest BCUT2D eigenvalue weighted by Crippen LogP contribution is -2.38. The first kappa shape index (κ1) is 39.6. The third-order valence-electron chi connectivity index (χ3n) is 9.99. The summed E-state index contributed by atoms with van der Waals surface area (Å²) in [5.41, 5.74) is 3.68. The van der Waals surface area contributed by atoms with E-state index in [1.807, 2.05) is 54.6 Å². The molecule has 0 fully saturated rings. The van der Waals surface area contributed by atoms with E-state index in [0.29, 0.717) is 70.1 Å². The number of oxazole rings is 1. The number of para-hydroxylation sites is 1. The number of hydrogen-bond donors (Lipinski definition) is 0. The van der Waals surface area contributed by atoms with Gasteiger partial charge in [0.05, 0.1) is 36.5 Å². The molecule has 0 radical (unpaired) electrons. The highest BCUT2D eigenvalue weighted by Gasteiger charge is 2.28. The first-order valence-electron chi connectivity index (χ1n) is 19.6. The number of hydrogen-bond acceptors (Lipinski definition) is 10. The molecule has 0 bridgehead atoms. The molecule has 1 aliphatic rings. The van der Waals surface area contributed by atoms with Gasteiger partial charge in [-0.15, -0.1) is 0 Å². The summed E-state index contributed by atoms with van der Waals surface area (Å²) in [4.78, 5) is 1.86. The van der Waals surface area contributed by atoms with E-state index in [0.717, 1.165) is 55.4 Å². The minimum atomic E-state index is -4.52. The van der Waals surface area contributed by atoms with E-state index in [9.17, 15) is 13.0 Å². The molecule has 1 aromatic heterocycles. The normalized spacial score (nSPS) is 13.7. The second-order valence-electron chi connectivity index (χ2n) is 13.9. The van der Waals surface area contributed by atoms with Crippen LogP contribution in [0.25, 0.3) is 38.7 Å². The summed E-state index contributed by atoms with van der Waals surface area (Å²) >= 11 is 0. The fourth-order valence-electron chi connectivity index (χ4n) is 6.98. The van der Waals surface area contributed by atoms with Crippen LogP contribution in [0.1, 0.15) is 19.2 Å². The van der Waals surface area contributed by atoms with Crippen molar-refractivity contribution in [2.24, 2.45) is 0 Å². The van der Waals surface area contributed by atoms with Crippen LogP contribution in [-0.2, 0) is 26.1 Å². The van der Waals surface area contributed by atoms with Crippen LogP contribution in [-0.4, -0.2) is 59.2 Å². The fourth-order valence-corrected chi connectivity index (χ4v) is 7.45. The molecule has 6 aromatic carbocycles. The maximum absolute atomic E-state index is 11.2. The SMILES string of the molecule is CCC(=Cc1oc2cc3ccccc3cc2[n+]1CCOCCOc1ccc(S(=O)(=O)[O-])cc1)C=C1Oc2cc3ccccc3cc2N1CCOCCOc1ccccc1. The summed E-state index contributed by atoms with van der Waals surface area (Å²) in [6, 6.07) is 40.0. The zero-order chi connectivity index (χ0) is 40.6. The molecule has 0 N–H and O–H groups in total. The van der Waals surface area contributed by atoms with Crippen molar-refractivity contribution in [1.82, 2.24) is 0 Å². The average molecular weight is 813 g/mol. The van der Waals surface area contributed by atoms with Gasteiger partial charge in [0, 0.05) is 18.7 Å². The largest absolute Gasteiger partial charge is 0.744 e. The molecule has 1 aliphatic heterocycles. The van der Waals surface area contributed by atoms with Crippen LogP contribution in [0.5, 0.6) is 17.2 Å². The standard InChI is InChI=1S/C47H44N2O9S/c1-2-34(28-46-48(20-22-53-24-26-55-39-14-4-3-5-15-39)42-30-35-10-6-8-12-37(35)32-44(42)57-46)29-47-49(43-31-36-11-7-9-13-38(36)33-45(43)58-47)21-23-54-25-27-56-40-16-18-41(19-17-40)59(50,51)52/h3-19,28-33H,2,20-27H2,1H3. The second-order valence-corrected chi connectivity index (χ2v) is 15.3. The van der Waals surface area contributed by atoms with Crippen LogP contribution in [0.3, 0.4) is 0 Å². The van der Waals surface area contributed by atoms with Gasteiger partial charge in [0.25, 0.3) is 5.52 Å². The molecular formula is C47H44N2O9S. The van der Waals surface area contributed by atoms with Crippen LogP contribution >= 0.6 is 0 Å². The van der Waals surface area contributed by atoms with Gasteiger partial charge >= 0.3 is 5.89 Å². The first-order valence-corrected chi connectivity index (χ1v) is 21.0. The lowest BCUT2D eigenvalue weighted by Gasteiger charge is -2.19. The minimum Gasteiger partial charge on any atom is -0.744 e. The van der Waals surface area contributed by atoms with Crippen molar-refractivity contribution in [3.8, 4) is 17.2 Å². The van der Waals surface area contributed by atoms with Gasteiger partial charge in [0.1, 0.15) is 41.4 Å². The van der Waals surface area contributed by atoms with Crippen molar-refractivity contribution in [2.45, 2.75) is 24.8 Å². The number of aromatic nitrogens is 1. The van der Waals surface area contributed by atoms with Crippen LogP contribution in [0.15, 0.2) is 154 Å². The molecule has 0 amide bonds. The van der Waals surface area contributed by atoms with Gasteiger partial charge in [0.2, 0.25) is 11.5 Å². The van der Waals surface area contributed by atoms with Crippen molar-refractivity contribution in [3.05, 3.63) is 151 Å². The zero-order valence-electron chi connectivity index (χ0n) is 32.6. The summed E-state index contributed by atoms with van der Waals surface area (Å²) in [6.07, 6.45) is 4.84. The second kappa shape index (κ2) is 18.2. The number of allylic oxidation sites excluding steroid dienone is 2. The highest BCUT2D eigenvalue weighted by Crippen LogP contribution is 2.42. The van der Waals surface area contributed by atoms with Gasteiger partial charge < -0.3 is 37.6 Å². The molecule has 8 rings (SSSR count). The molecule has 0 unspecified atom stereocenters. The lowest BCUT2D eigenvalue weighted by molar-refractivity contribution is -0.679. The maximum Gasteiger partial charge on any atom is 0.374 e. The van der Waals surface area contributed by atoms with E-state index in [1.54, 1.807) is 0 Å². The maximum atomic E-state index is 11.2. The Balaban J connectivity index is 1.01. The quantitative estimate of drug-likeness (QED) is 0.0473. The molecule has 11 nitrogen and oxygen atoms in total. The van der Waals surface area contributed by atoms with Gasteiger partial charge in [-0.3, -0.25) is 0 Å². The molecule has 0 atom stereocenters. The third-order valence-corrected chi connectivity index (χ3v) is 10.8. The molecule has 7 aromatic rings. The molecule has 0 spiro atoms. The number of benzene rings is 6. The Morgan fingerprint density at radius 1 is 0.712 bits per heavy atom. The van der Waals surface area contributed by atoms with Crippen LogP contribution in [0.4, 0.5) is 5.69 Å². The lowest BCUT2D eigenvalue weighted by atomic mass is 10.1. The molecular weight excluding hydrogens is 769 g/mol. The summed E-state index contributed by atoms with van der Waals surface area (Å²) in [6.45, 7) is 5.48. The Hall–Kier alpha value is -6.18. The van der Waals surface area contributed by atoms with Gasteiger partial charge in [-0.1, -0.05) is 73.7 Å². The molecule has 59 heavy (non-hydrogen) atoms. The highest BCUT2D eigenvalue weighted by atomic mass is 32.2. The number of rotatable bonds is 18. The summed E-state index contributed by atoms with van der Waals surface area (Å²) in [5.74, 6) is 3.42. The highest BCUT2D eigenvalue weighted by molar-refractivity contribution is 7.85. The summed E-state index contributed by atoms with van der Waals surface area (Å²) < 4.78 is 72.6. The van der Waals surface area contributed by atoms with Gasteiger partial charge in [-0.25, -0.2) is 8.42 Å². The van der Waals surface area contributed by atoms with Crippen LogP contribution in [0.2, 0.25) is 0 Å².